The molecule has 1 aliphatic heterocycles. The number of aromatic nitrogens is 3. The fourth-order valence-corrected chi connectivity index (χ4v) is 2.94. The van der Waals surface area contributed by atoms with Gasteiger partial charge in [0.05, 0.1) is 18.9 Å². The third-order valence-corrected chi connectivity index (χ3v) is 4.40. The number of hydrogen-bond donors (Lipinski definition) is 1. The van der Waals surface area contributed by atoms with Gasteiger partial charge in [0.15, 0.2) is 5.65 Å². The molecule has 7 nitrogen and oxygen atoms in total. The molecule has 2 amide bonds. The summed E-state index contributed by atoms with van der Waals surface area (Å²) in [5.41, 5.74) is 1.80. The summed E-state index contributed by atoms with van der Waals surface area (Å²) in [6, 6.07) is 3.55. The maximum Gasteiger partial charge on any atom is 0.323 e. The van der Waals surface area contributed by atoms with Gasteiger partial charge in [-0.1, -0.05) is 0 Å². The second kappa shape index (κ2) is 4.95. The van der Waals surface area contributed by atoms with Gasteiger partial charge >= 0.3 is 6.03 Å². The number of nitrogens with zero attached hydrogens (tertiary/aromatic N) is 4. The summed E-state index contributed by atoms with van der Waals surface area (Å²) in [7, 11) is 0. The van der Waals surface area contributed by atoms with Crippen molar-refractivity contribution in [3.8, 4) is 0 Å². The molecule has 2 aromatic heterocycles. The first-order chi connectivity index (χ1) is 10.7. The number of nitrogens with one attached hydrogen (secondary N) is 1. The molecular weight excluding hydrogens is 282 g/mol. The topological polar surface area (TPSA) is 71.8 Å². The van der Waals surface area contributed by atoms with Crippen molar-refractivity contribution in [3.05, 3.63) is 24.0 Å². The van der Waals surface area contributed by atoms with Gasteiger partial charge in [-0.15, -0.1) is 0 Å². The molecule has 2 aromatic rings. The maximum absolute atomic E-state index is 12.6. The summed E-state index contributed by atoms with van der Waals surface area (Å²) < 4.78 is 7.29. The minimum absolute atomic E-state index is 0.0996. The summed E-state index contributed by atoms with van der Waals surface area (Å²) in [5.74, 6) is 0.637. The Morgan fingerprint density at radius 2 is 2.32 bits per heavy atom. The lowest BCUT2D eigenvalue weighted by Gasteiger charge is -2.23. The number of carbonyl (C=O) groups excluding carboxylic acids is 1. The highest BCUT2D eigenvalue weighted by Crippen LogP contribution is 2.47. The molecular formula is C15H19N5O2. The molecule has 116 valence electrons. The molecule has 0 aromatic carbocycles. The first-order valence-corrected chi connectivity index (χ1v) is 7.60. The van der Waals surface area contributed by atoms with Crippen LogP contribution in [-0.2, 0) is 4.74 Å². The zero-order chi connectivity index (χ0) is 15.2. The molecule has 1 saturated carbocycles. The third-order valence-electron chi connectivity index (χ3n) is 4.40. The molecule has 2 fully saturated rings. The Hall–Kier alpha value is -2.15. The summed E-state index contributed by atoms with van der Waals surface area (Å²) in [6.07, 6.45) is 3.98. The molecule has 1 spiro atoms. The van der Waals surface area contributed by atoms with E-state index in [1.807, 2.05) is 17.9 Å². The largest absolute Gasteiger partial charge is 0.379 e. The van der Waals surface area contributed by atoms with Crippen LogP contribution in [-0.4, -0.2) is 51.8 Å². The van der Waals surface area contributed by atoms with Gasteiger partial charge in [-0.2, -0.15) is 9.61 Å². The fraction of sp³-hybridized carbons (Fsp3) is 0.533. The molecule has 0 radical (unpaired) electrons. The summed E-state index contributed by atoms with van der Waals surface area (Å²) in [4.78, 5) is 18.7. The van der Waals surface area contributed by atoms with Gasteiger partial charge in [0, 0.05) is 30.8 Å². The zero-order valence-electron chi connectivity index (χ0n) is 12.6. The third kappa shape index (κ3) is 2.41. The number of aryl methyl sites for hydroxylation is 1. The second-order valence-electron chi connectivity index (χ2n) is 6.29. The average molecular weight is 301 g/mol. The van der Waals surface area contributed by atoms with E-state index in [4.69, 9.17) is 4.74 Å². The van der Waals surface area contributed by atoms with Crippen molar-refractivity contribution >= 4 is 17.5 Å². The van der Waals surface area contributed by atoms with Gasteiger partial charge in [-0.05, 0) is 25.8 Å². The van der Waals surface area contributed by atoms with Gasteiger partial charge in [-0.3, -0.25) is 5.32 Å². The molecule has 1 aliphatic carbocycles. The van der Waals surface area contributed by atoms with Crippen LogP contribution in [0.1, 0.15) is 18.5 Å². The smallest absolute Gasteiger partial charge is 0.323 e. The Morgan fingerprint density at radius 3 is 3.14 bits per heavy atom. The van der Waals surface area contributed by atoms with Crippen LogP contribution >= 0.6 is 0 Å². The normalized spacial score (nSPS) is 20.1. The van der Waals surface area contributed by atoms with Crippen molar-refractivity contribution in [1.82, 2.24) is 19.5 Å². The SMILES string of the molecule is Cc1cc2nccc(NC(=O)N3CCOCC4(CC4)C3)n2n1. The van der Waals surface area contributed by atoms with Crippen LogP contribution in [0.3, 0.4) is 0 Å². The Morgan fingerprint density at radius 1 is 1.45 bits per heavy atom. The number of urea groups is 1. The molecule has 3 heterocycles. The van der Waals surface area contributed by atoms with Crippen molar-refractivity contribution < 1.29 is 9.53 Å². The van der Waals surface area contributed by atoms with Gasteiger partial charge < -0.3 is 9.64 Å². The van der Waals surface area contributed by atoms with E-state index in [0.29, 0.717) is 19.0 Å². The van der Waals surface area contributed by atoms with E-state index in [1.54, 1.807) is 16.8 Å². The van der Waals surface area contributed by atoms with E-state index in [1.165, 1.54) is 0 Å². The summed E-state index contributed by atoms with van der Waals surface area (Å²) in [6.45, 7) is 4.67. The molecule has 4 rings (SSSR count). The zero-order valence-corrected chi connectivity index (χ0v) is 12.6. The van der Waals surface area contributed by atoms with Crippen LogP contribution in [0.5, 0.6) is 0 Å². The minimum atomic E-state index is -0.0996. The summed E-state index contributed by atoms with van der Waals surface area (Å²) >= 11 is 0. The van der Waals surface area contributed by atoms with Crippen LogP contribution in [0.25, 0.3) is 5.65 Å². The summed E-state index contributed by atoms with van der Waals surface area (Å²) in [5, 5.41) is 7.32. The number of hydrogen-bond acceptors (Lipinski definition) is 4. The highest BCUT2D eigenvalue weighted by atomic mass is 16.5. The van der Waals surface area contributed by atoms with Gasteiger partial charge in [-0.25, -0.2) is 9.78 Å². The van der Waals surface area contributed by atoms with E-state index in [2.05, 4.69) is 15.4 Å². The van der Waals surface area contributed by atoms with Crippen molar-refractivity contribution in [1.29, 1.82) is 0 Å². The number of rotatable bonds is 1. The van der Waals surface area contributed by atoms with E-state index >= 15 is 0 Å². The number of carbonyl (C=O) groups is 1. The molecule has 1 saturated heterocycles. The molecule has 0 atom stereocenters. The molecule has 0 bridgehead atoms. The van der Waals surface area contributed by atoms with Crippen LogP contribution in [0.15, 0.2) is 18.3 Å². The van der Waals surface area contributed by atoms with E-state index in [0.717, 1.165) is 37.3 Å². The maximum atomic E-state index is 12.6. The van der Waals surface area contributed by atoms with Crippen LogP contribution in [0.4, 0.5) is 10.6 Å². The number of ether oxygens (including phenoxy) is 1. The second-order valence-corrected chi connectivity index (χ2v) is 6.29. The minimum Gasteiger partial charge on any atom is -0.379 e. The van der Waals surface area contributed by atoms with Crippen molar-refractivity contribution in [2.24, 2.45) is 5.41 Å². The molecule has 7 heteroatoms. The first kappa shape index (κ1) is 13.5. The number of anilines is 1. The van der Waals surface area contributed by atoms with Crippen LogP contribution in [0.2, 0.25) is 0 Å². The van der Waals surface area contributed by atoms with Crippen LogP contribution < -0.4 is 5.32 Å². The number of amides is 2. The lowest BCUT2D eigenvalue weighted by Crippen LogP contribution is -2.39. The predicted octanol–water partition coefficient (Wildman–Crippen LogP) is 1.68. The lowest BCUT2D eigenvalue weighted by atomic mass is 10.1. The quantitative estimate of drug-likeness (QED) is 0.870. The van der Waals surface area contributed by atoms with Crippen molar-refractivity contribution in [3.63, 3.8) is 0 Å². The van der Waals surface area contributed by atoms with Gasteiger partial charge in [0.1, 0.15) is 5.82 Å². The Labute approximate surface area is 128 Å². The van der Waals surface area contributed by atoms with E-state index in [-0.39, 0.29) is 11.4 Å². The molecule has 1 N–H and O–H groups in total. The molecule has 2 aliphatic rings. The van der Waals surface area contributed by atoms with Gasteiger partial charge in [0.2, 0.25) is 0 Å². The molecule has 0 unspecified atom stereocenters. The fourth-order valence-electron chi connectivity index (χ4n) is 2.94. The molecule has 22 heavy (non-hydrogen) atoms. The Balaban J connectivity index is 1.55. The Bertz CT molecular complexity index is 722. The highest BCUT2D eigenvalue weighted by Gasteiger charge is 2.46. The van der Waals surface area contributed by atoms with E-state index in [9.17, 15) is 4.79 Å². The standard InChI is InChI=1S/C15H19N5O2/c1-11-8-13-16-5-2-12(20(13)18-11)17-14(21)19-6-7-22-10-15(9-19)3-4-15/h2,5,8H,3-4,6-7,9-10H2,1H3,(H,17,21). The van der Waals surface area contributed by atoms with Crippen LogP contribution in [0, 0.1) is 12.3 Å². The monoisotopic (exact) mass is 301 g/mol. The van der Waals surface area contributed by atoms with Gasteiger partial charge in [0.25, 0.3) is 0 Å². The lowest BCUT2D eigenvalue weighted by molar-refractivity contribution is 0.115. The Kier molecular flexibility index (Phi) is 3.04. The van der Waals surface area contributed by atoms with Crippen molar-refractivity contribution in [2.75, 3.05) is 31.6 Å². The predicted molar refractivity (Wildman–Crippen MR) is 80.8 cm³/mol. The van der Waals surface area contributed by atoms with Crippen molar-refractivity contribution in [2.45, 2.75) is 19.8 Å². The highest BCUT2D eigenvalue weighted by molar-refractivity contribution is 5.88. The van der Waals surface area contributed by atoms with E-state index < -0.39 is 0 Å². The number of fused-ring (bicyclic) bond motifs is 1. The first-order valence-electron chi connectivity index (χ1n) is 7.60. The average Bonchev–Trinajstić information content (AvgIpc) is 3.20.